The second-order valence-electron chi connectivity index (χ2n) is 15.7. The van der Waals surface area contributed by atoms with E-state index in [-0.39, 0.29) is 0 Å². The summed E-state index contributed by atoms with van der Waals surface area (Å²) in [4.78, 5) is 0. The molecule has 0 aliphatic heterocycles. The van der Waals surface area contributed by atoms with Crippen LogP contribution in [0.3, 0.4) is 0 Å². The molecular formula is C58H36. The first-order valence-corrected chi connectivity index (χ1v) is 20.2. The van der Waals surface area contributed by atoms with Crippen LogP contribution in [0.5, 0.6) is 0 Å². The fourth-order valence-electron chi connectivity index (χ4n) is 9.57. The van der Waals surface area contributed by atoms with Crippen molar-refractivity contribution >= 4 is 75.4 Å². The van der Waals surface area contributed by atoms with Gasteiger partial charge in [0.2, 0.25) is 0 Å². The first-order valence-electron chi connectivity index (χ1n) is 20.2. The Balaban J connectivity index is 1.31. The average Bonchev–Trinajstić information content (AvgIpc) is 3.29. The zero-order valence-corrected chi connectivity index (χ0v) is 31.8. The van der Waals surface area contributed by atoms with Crippen LogP contribution < -0.4 is 0 Å². The molecule has 0 bridgehead atoms. The maximum Gasteiger partial charge on any atom is -0.00136 e. The van der Waals surface area contributed by atoms with Gasteiger partial charge in [0.25, 0.3) is 0 Å². The normalized spacial score (nSPS) is 11.8. The maximum atomic E-state index is 2.45. The number of benzene rings is 12. The van der Waals surface area contributed by atoms with E-state index < -0.39 is 0 Å². The van der Waals surface area contributed by atoms with Crippen molar-refractivity contribution in [2.75, 3.05) is 0 Å². The maximum absolute atomic E-state index is 2.45. The van der Waals surface area contributed by atoms with Crippen molar-refractivity contribution in [3.63, 3.8) is 0 Å². The van der Waals surface area contributed by atoms with Gasteiger partial charge in [-0.15, -0.1) is 0 Å². The van der Waals surface area contributed by atoms with Crippen LogP contribution >= 0.6 is 0 Å². The Kier molecular flexibility index (Phi) is 7.33. The van der Waals surface area contributed by atoms with Gasteiger partial charge in [0.15, 0.2) is 0 Å². The summed E-state index contributed by atoms with van der Waals surface area (Å²) >= 11 is 0. The number of fused-ring (bicyclic) bond motifs is 7. The van der Waals surface area contributed by atoms with Crippen LogP contribution in [0.15, 0.2) is 218 Å². The van der Waals surface area contributed by atoms with Gasteiger partial charge in [-0.1, -0.05) is 182 Å². The van der Waals surface area contributed by atoms with Gasteiger partial charge in [-0.25, -0.2) is 0 Å². The zero-order chi connectivity index (χ0) is 38.2. The lowest BCUT2D eigenvalue weighted by Gasteiger charge is -2.23. The number of rotatable bonds is 4. The molecule has 0 fully saturated rings. The van der Waals surface area contributed by atoms with Gasteiger partial charge >= 0.3 is 0 Å². The van der Waals surface area contributed by atoms with E-state index in [1.165, 1.54) is 120 Å². The average molecular weight is 733 g/mol. The summed E-state index contributed by atoms with van der Waals surface area (Å²) in [6.45, 7) is 0. The molecule has 58 heavy (non-hydrogen) atoms. The van der Waals surface area contributed by atoms with Crippen LogP contribution in [0, 0.1) is 0 Å². The van der Waals surface area contributed by atoms with Gasteiger partial charge in [0.1, 0.15) is 0 Å². The van der Waals surface area contributed by atoms with E-state index in [2.05, 4.69) is 218 Å². The van der Waals surface area contributed by atoms with E-state index in [1.807, 2.05) is 0 Å². The lowest BCUT2D eigenvalue weighted by Crippen LogP contribution is -1.95. The lowest BCUT2D eigenvalue weighted by atomic mass is 9.80. The second kappa shape index (κ2) is 13.0. The van der Waals surface area contributed by atoms with Crippen LogP contribution in [0.25, 0.3) is 120 Å². The zero-order valence-electron chi connectivity index (χ0n) is 31.8. The third-order valence-electron chi connectivity index (χ3n) is 12.3. The van der Waals surface area contributed by atoms with E-state index in [0.29, 0.717) is 0 Å². The van der Waals surface area contributed by atoms with Crippen molar-refractivity contribution in [2.45, 2.75) is 0 Å². The molecule has 12 aromatic carbocycles. The molecule has 0 nitrogen and oxygen atoms in total. The highest BCUT2D eigenvalue weighted by atomic mass is 14.3. The summed E-state index contributed by atoms with van der Waals surface area (Å²) in [6.07, 6.45) is 0. The molecule has 0 saturated heterocycles. The molecule has 0 aromatic heterocycles. The molecule has 0 aliphatic rings. The number of hydrogen-bond acceptors (Lipinski definition) is 0. The highest BCUT2D eigenvalue weighted by Crippen LogP contribution is 2.50. The SMILES string of the molecule is c1ccc2cc(-c3ccc4cc5cc6ccccc6c(-c6ccc7ccccc7c6)c5c(-c5ccc6ccccc6c5)c4c3-c3ccc4ccccc4c3)ccc2c1. The fraction of sp³-hybridized carbons (Fsp3) is 0. The second-order valence-corrected chi connectivity index (χ2v) is 15.7. The molecule has 268 valence electrons. The summed E-state index contributed by atoms with van der Waals surface area (Å²) < 4.78 is 0. The minimum absolute atomic E-state index is 1.21. The molecule has 0 heteroatoms. The molecule has 0 aliphatic carbocycles. The summed E-state index contributed by atoms with van der Waals surface area (Å²) in [5, 5.41) is 17.4. The van der Waals surface area contributed by atoms with E-state index in [9.17, 15) is 0 Å². The Morgan fingerprint density at radius 1 is 0.190 bits per heavy atom. The third-order valence-corrected chi connectivity index (χ3v) is 12.3. The van der Waals surface area contributed by atoms with Crippen molar-refractivity contribution in [2.24, 2.45) is 0 Å². The van der Waals surface area contributed by atoms with Crippen LogP contribution in [0.4, 0.5) is 0 Å². The van der Waals surface area contributed by atoms with Gasteiger partial charge in [-0.3, -0.25) is 0 Å². The molecule has 0 atom stereocenters. The molecular weight excluding hydrogens is 697 g/mol. The van der Waals surface area contributed by atoms with Gasteiger partial charge < -0.3 is 0 Å². The van der Waals surface area contributed by atoms with Crippen molar-refractivity contribution in [1.82, 2.24) is 0 Å². The van der Waals surface area contributed by atoms with Crippen LogP contribution in [-0.4, -0.2) is 0 Å². The van der Waals surface area contributed by atoms with E-state index in [0.717, 1.165) is 0 Å². The summed E-state index contributed by atoms with van der Waals surface area (Å²) in [7, 11) is 0. The Morgan fingerprint density at radius 2 is 0.552 bits per heavy atom. The van der Waals surface area contributed by atoms with Gasteiger partial charge in [-0.05, 0) is 156 Å². The minimum atomic E-state index is 1.21. The quantitative estimate of drug-likeness (QED) is 0.158. The van der Waals surface area contributed by atoms with Gasteiger partial charge in [0.05, 0.1) is 0 Å². The number of hydrogen-bond donors (Lipinski definition) is 0. The summed E-state index contributed by atoms with van der Waals surface area (Å²) in [5.74, 6) is 0. The fourth-order valence-corrected chi connectivity index (χ4v) is 9.57. The van der Waals surface area contributed by atoms with E-state index >= 15 is 0 Å². The van der Waals surface area contributed by atoms with Crippen LogP contribution in [0.1, 0.15) is 0 Å². The Hall–Kier alpha value is -7.54. The molecule has 0 heterocycles. The lowest BCUT2D eigenvalue weighted by molar-refractivity contribution is 1.64. The van der Waals surface area contributed by atoms with Crippen molar-refractivity contribution in [3.8, 4) is 44.5 Å². The monoisotopic (exact) mass is 732 g/mol. The first-order chi connectivity index (χ1) is 28.7. The Labute approximate surface area is 336 Å². The van der Waals surface area contributed by atoms with Crippen molar-refractivity contribution < 1.29 is 0 Å². The van der Waals surface area contributed by atoms with Crippen molar-refractivity contribution in [1.29, 1.82) is 0 Å². The van der Waals surface area contributed by atoms with Gasteiger partial charge in [0, 0.05) is 0 Å². The van der Waals surface area contributed by atoms with E-state index in [1.54, 1.807) is 0 Å². The molecule has 0 amide bonds. The molecule has 0 radical (unpaired) electrons. The molecule has 12 aromatic rings. The molecule has 0 N–H and O–H groups in total. The standard InChI is InChI=1S/C58H36/c1-5-15-41-31-46(25-21-37(41)11-1)53-30-29-50-36-51-35-45-19-9-10-20-52(45)54(47-26-22-38-12-2-6-16-42(38)32-47)58(51)57(49-28-24-40-14-4-8-18-44(40)34-49)56(50)55(53)48-27-23-39-13-3-7-17-43(39)33-48/h1-36H. The Bertz CT molecular complexity index is 3620. The highest BCUT2D eigenvalue weighted by molar-refractivity contribution is 6.27. The van der Waals surface area contributed by atoms with Crippen LogP contribution in [0.2, 0.25) is 0 Å². The first kappa shape index (κ1) is 32.7. The minimum Gasteiger partial charge on any atom is -0.0616 e. The van der Waals surface area contributed by atoms with Crippen LogP contribution in [-0.2, 0) is 0 Å². The Morgan fingerprint density at radius 3 is 1.09 bits per heavy atom. The third kappa shape index (κ3) is 5.23. The largest absolute Gasteiger partial charge is 0.0616 e. The van der Waals surface area contributed by atoms with E-state index in [4.69, 9.17) is 0 Å². The topological polar surface area (TPSA) is 0 Å². The molecule has 12 rings (SSSR count). The van der Waals surface area contributed by atoms with Crippen molar-refractivity contribution in [3.05, 3.63) is 218 Å². The molecule has 0 saturated carbocycles. The summed E-state index contributed by atoms with van der Waals surface area (Å²) in [6, 6.07) is 81.4. The smallest absolute Gasteiger partial charge is 0.00136 e. The molecule has 0 unspecified atom stereocenters. The summed E-state index contributed by atoms with van der Waals surface area (Å²) in [5.41, 5.74) is 9.86. The highest BCUT2D eigenvalue weighted by Gasteiger charge is 2.23. The molecule has 0 spiro atoms. The van der Waals surface area contributed by atoms with Gasteiger partial charge in [-0.2, -0.15) is 0 Å². The predicted molar refractivity (Wildman–Crippen MR) is 251 cm³/mol. The predicted octanol–water partition coefficient (Wildman–Crippen LogP) is 16.4.